The molecule has 5 heteroatoms. The minimum atomic E-state index is 0.329. The van der Waals surface area contributed by atoms with Crippen molar-refractivity contribution in [1.82, 2.24) is 15.9 Å². The molecule has 1 rings (SSSR count). The molecule has 0 amide bonds. The van der Waals surface area contributed by atoms with E-state index in [1.807, 2.05) is 12.1 Å². The average Bonchev–Trinajstić information content (AvgIpc) is 2.29. The monoisotopic (exact) mass is 221 g/mol. The van der Waals surface area contributed by atoms with E-state index in [0.717, 1.165) is 17.8 Å². The van der Waals surface area contributed by atoms with Crippen molar-refractivity contribution in [2.75, 3.05) is 12.8 Å². The normalized spacial score (nSPS) is 13.6. The molecule has 0 fully saturated rings. The Kier molecular flexibility index (Phi) is 4.72. The van der Waals surface area contributed by atoms with Crippen molar-refractivity contribution in [2.24, 2.45) is 11.0 Å². The lowest BCUT2D eigenvalue weighted by molar-refractivity contribution is 0.618. The number of nitrogens with one attached hydrogen (secondary N) is 2. The highest BCUT2D eigenvalue weighted by Gasteiger charge is 2.12. The van der Waals surface area contributed by atoms with Crippen LogP contribution in [0.1, 0.15) is 26.0 Å². The summed E-state index contributed by atoms with van der Waals surface area (Å²) < 4.78 is 0. The van der Waals surface area contributed by atoms with Crippen molar-refractivity contribution in [3.05, 3.63) is 23.9 Å². The number of hydrogen-bond acceptors (Lipinski definition) is 5. The fourth-order valence-electron chi connectivity index (χ4n) is 1.32. The number of hydrazine groups is 1. The summed E-state index contributed by atoms with van der Waals surface area (Å²) in [5, 5.41) is 4.26. The number of hydrogen-bond donors (Lipinski definition) is 3. The Labute approximate surface area is 96.1 Å². The topological polar surface area (TPSA) is 75.3 Å². The standard InChI is InChI=1S/C11H19N5/c1-4-8(2)11(15-16-13-3)9-6-5-7-10(12)14-9/h5-8,13,16H,4H2,1-3H3,(H2,12,14)/b15-11+. The largest absolute Gasteiger partial charge is 0.384 e. The summed E-state index contributed by atoms with van der Waals surface area (Å²) in [6, 6.07) is 5.57. The van der Waals surface area contributed by atoms with Crippen LogP contribution in [-0.2, 0) is 0 Å². The molecule has 1 atom stereocenters. The van der Waals surface area contributed by atoms with Gasteiger partial charge in [0.1, 0.15) is 5.82 Å². The summed E-state index contributed by atoms with van der Waals surface area (Å²) in [5.74, 6) is 0.841. The Morgan fingerprint density at radius 1 is 1.56 bits per heavy atom. The zero-order valence-electron chi connectivity index (χ0n) is 9.99. The minimum absolute atomic E-state index is 0.329. The van der Waals surface area contributed by atoms with Crippen molar-refractivity contribution >= 4 is 11.5 Å². The molecule has 1 unspecified atom stereocenters. The lowest BCUT2D eigenvalue weighted by Crippen LogP contribution is -2.26. The van der Waals surface area contributed by atoms with Crippen LogP contribution in [0.15, 0.2) is 23.3 Å². The van der Waals surface area contributed by atoms with Gasteiger partial charge in [-0.1, -0.05) is 19.9 Å². The van der Waals surface area contributed by atoms with Crippen LogP contribution in [0.4, 0.5) is 5.82 Å². The predicted octanol–water partition coefficient (Wildman–Crippen LogP) is 1.14. The molecule has 0 saturated carbocycles. The van der Waals surface area contributed by atoms with Crippen LogP contribution < -0.4 is 16.7 Å². The molecule has 0 aliphatic rings. The molecule has 1 heterocycles. The molecule has 88 valence electrons. The van der Waals surface area contributed by atoms with Gasteiger partial charge in [0.15, 0.2) is 0 Å². The first-order valence-electron chi connectivity index (χ1n) is 5.41. The van der Waals surface area contributed by atoms with E-state index in [2.05, 4.69) is 34.9 Å². The van der Waals surface area contributed by atoms with E-state index in [-0.39, 0.29) is 0 Å². The van der Waals surface area contributed by atoms with E-state index >= 15 is 0 Å². The first-order chi connectivity index (χ1) is 7.69. The van der Waals surface area contributed by atoms with Crippen LogP contribution in [0.5, 0.6) is 0 Å². The van der Waals surface area contributed by atoms with Crippen LogP contribution in [0.25, 0.3) is 0 Å². The van der Waals surface area contributed by atoms with Gasteiger partial charge in [-0.3, -0.25) is 0 Å². The minimum Gasteiger partial charge on any atom is -0.384 e. The highest BCUT2D eigenvalue weighted by molar-refractivity contribution is 6.00. The zero-order chi connectivity index (χ0) is 12.0. The van der Waals surface area contributed by atoms with Crippen LogP contribution in [-0.4, -0.2) is 17.7 Å². The Bertz CT molecular complexity index is 361. The molecule has 0 aliphatic carbocycles. The lowest BCUT2D eigenvalue weighted by Gasteiger charge is -2.12. The van der Waals surface area contributed by atoms with Gasteiger partial charge < -0.3 is 5.73 Å². The van der Waals surface area contributed by atoms with Gasteiger partial charge >= 0.3 is 0 Å². The average molecular weight is 221 g/mol. The number of anilines is 1. The second kappa shape index (κ2) is 6.07. The van der Waals surface area contributed by atoms with E-state index in [1.54, 1.807) is 13.1 Å². The first kappa shape index (κ1) is 12.4. The third-order valence-corrected chi connectivity index (χ3v) is 2.40. The van der Waals surface area contributed by atoms with Crippen LogP contribution in [0.2, 0.25) is 0 Å². The van der Waals surface area contributed by atoms with Gasteiger partial charge in [-0.25, -0.2) is 15.9 Å². The molecule has 16 heavy (non-hydrogen) atoms. The van der Waals surface area contributed by atoms with Crippen molar-refractivity contribution in [3.8, 4) is 0 Å². The van der Waals surface area contributed by atoms with Crippen molar-refractivity contribution in [1.29, 1.82) is 0 Å². The van der Waals surface area contributed by atoms with E-state index in [9.17, 15) is 0 Å². The summed E-state index contributed by atoms with van der Waals surface area (Å²) in [6.45, 7) is 4.23. The number of pyridine rings is 1. The molecule has 0 radical (unpaired) electrons. The molecule has 1 aromatic heterocycles. The van der Waals surface area contributed by atoms with Crippen molar-refractivity contribution < 1.29 is 0 Å². The van der Waals surface area contributed by atoms with Gasteiger partial charge in [0.2, 0.25) is 0 Å². The van der Waals surface area contributed by atoms with Gasteiger partial charge in [0.25, 0.3) is 0 Å². The van der Waals surface area contributed by atoms with Gasteiger partial charge in [0.05, 0.1) is 11.4 Å². The zero-order valence-corrected chi connectivity index (χ0v) is 9.99. The number of nitrogens with zero attached hydrogens (tertiary/aromatic N) is 2. The summed E-state index contributed by atoms with van der Waals surface area (Å²) in [4.78, 5) is 4.27. The van der Waals surface area contributed by atoms with E-state index in [0.29, 0.717) is 11.7 Å². The lowest BCUT2D eigenvalue weighted by atomic mass is 10.00. The molecular formula is C11H19N5. The summed E-state index contributed by atoms with van der Waals surface area (Å²) in [7, 11) is 1.77. The fraction of sp³-hybridized carbons (Fsp3) is 0.455. The fourth-order valence-corrected chi connectivity index (χ4v) is 1.32. The van der Waals surface area contributed by atoms with Gasteiger partial charge in [-0.05, 0) is 18.6 Å². The molecule has 0 bridgehead atoms. The highest BCUT2D eigenvalue weighted by atomic mass is 15.5. The van der Waals surface area contributed by atoms with Crippen LogP contribution in [0.3, 0.4) is 0 Å². The number of hydrazone groups is 1. The number of aromatic nitrogens is 1. The molecule has 4 N–H and O–H groups in total. The smallest absolute Gasteiger partial charge is 0.124 e. The second-order valence-electron chi connectivity index (χ2n) is 3.62. The maximum Gasteiger partial charge on any atom is 0.124 e. The third-order valence-electron chi connectivity index (χ3n) is 2.40. The SMILES string of the molecule is CCC(C)/C(=N\NNC)c1cccc(N)n1. The third kappa shape index (κ3) is 3.20. The summed E-state index contributed by atoms with van der Waals surface area (Å²) in [6.07, 6.45) is 1.00. The predicted molar refractivity (Wildman–Crippen MR) is 66.8 cm³/mol. The van der Waals surface area contributed by atoms with E-state index in [4.69, 9.17) is 5.73 Å². The van der Waals surface area contributed by atoms with E-state index in [1.165, 1.54) is 0 Å². The maximum absolute atomic E-state index is 5.66. The highest BCUT2D eigenvalue weighted by Crippen LogP contribution is 2.12. The van der Waals surface area contributed by atoms with Crippen LogP contribution in [0, 0.1) is 5.92 Å². The quantitative estimate of drug-likeness (QED) is 0.515. The molecule has 0 spiro atoms. The maximum atomic E-state index is 5.66. The number of nitrogens with two attached hydrogens (primary N) is 1. The van der Waals surface area contributed by atoms with Crippen LogP contribution >= 0.6 is 0 Å². The molecule has 0 saturated heterocycles. The molecule has 1 aromatic rings. The molecule has 5 nitrogen and oxygen atoms in total. The molecule has 0 aliphatic heterocycles. The Morgan fingerprint density at radius 3 is 2.88 bits per heavy atom. The Balaban J connectivity index is 3.01. The van der Waals surface area contributed by atoms with Gasteiger partial charge in [-0.15, -0.1) is 0 Å². The number of rotatable bonds is 5. The molecule has 0 aromatic carbocycles. The second-order valence-corrected chi connectivity index (χ2v) is 3.62. The van der Waals surface area contributed by atoms with E-state index < -0.39 is 0 Å². The Hall–Kier alpha value is -1.62. The van der Waals surface area contributed by atoms with Crippen molar-refractivity contribution in [3.63, 3.8) is 0 Å². The number of nitrogen functional groups attached to an aromatic ring is 1. The van der Waals surface area contributed by atoms with Crippen molar-refractivity contribution in [2.45, 2.75) is 20.3 Å². The Morgan fingerprint density at radius 2 is 2.31 bits per heavy atom. The van der Waals surface area contributed by atoms with Gasteiger partial charge in [0, 0.05) is 13.0 Å². The summed E-state index contributed by atoms with van der Waals surface area (Å²) >= 11 is 0. The van der Waals surface area contributed by atoms with Gasteiger partial charge in [-0.2, -0.15) is 5.10 Å². The molecular weight excluding hydrogens is 202 g/mol. The first-order valence-corrected chi connectivity index (χ1v) is 5.41. The summed E-state index contributed by atoms with van der Waals surface area (Å²) in [5.41, 5.74) is 12.9.